The maximum Gasteiger partial charge on any atom is 0.186 e. The predicted molar refractivity (Wildman–Crippen MR) is 90.0 cm³/mol. The molecule has 1 saturated carbocycles. The van der Waals surface area contributed by atoms with Crippen molar-refractivity contribution in [3.05, 3.63) is 47.5 Å². The summed E-state index contributed by atoms with van der Waals surface area (Å²) in [7, 11) is 0. The van der Waals surface area contributed by atoms with Crippen LogP contribution in [0, 0.1) is 5.92 Å². The highest BCUT2D eigenvalue weighted by molar-refractivity contribution is 6.10. The Morgan fingerprint density at radius 1 is 1.09 bits per heavy atom. The van der Waals surface area contributed by atoms with Crippen molar-refractivity contribution >= 4 is 11.6 Å². The summed E-state index contributed by atoms with van der Waals surface area (Å²) < 4.78 is 0. The standard InChI is InChI=1S/C20H26O2/c1-2-3-10-18(20(22)17-13-8-5-9-14-17)15-19(21)16-11-6-4-7-12-16/h4,6-7,11-12,15,17H,2-3,5,8-10,13-14H2,1H3/b18-15-. The number of hydrogen-bond donors (Lipinski definition) is 0. The lowest BCUT2D eigenvalue weighted by Crippen LogP contribution is -2.20. The number of carbonyl (C=O) groups is 2. The Kier molecular flexibility index (Phi) is 6.57. The summed E-state index contributed by atoms with van der Waals surface area (Å²) >= 11 is 0. The smallest absolute Gasteiger partial charge is 0.186 e. The monoisotopic (exact) mass is 298 g/mol. The van der Waals surface area contributed by atoms with E-state index in [0.717, 1.165) is 50.5 Å². The van der Waals surface area contributed by atoms with Gasteiger partial charge in [0.1, 0.15) is 0 Å². The summed E-state index contributed by atoms with van der Waals surface area (Å²) in [5.74, 6) is 0.314. The summed E-state index contributed by atoms with van der Waals surface area (Å²) in [4.78, 5) is 25.1. The van der Waals surface area contributed by atoms with Gasteiger partial charge in [-0.3, -0.25) is 9.59 Å². The molecule has 0 N–H and O–H groups in total. The van der Waals surface area contributed by atoms with E-state index in [2.05, 4.69) is 6.92 Å². The number of allylic oxidation sites excluding steroid dienone is 2. The Morgan fingerprint density at radius 3 is 2.41 bits per heavy atom. The summed E-state index contributed by atoms with van der Waals surface area (Å²) in [5, 5.41) is 0. The van der Waals surface area contributed by atoms with Gasteiger partial charge in [0.2, 0.25) is 0 Å². The highest BCUT2D eigenvalue weighted by Crippen LogP contribution is 2.28. The van der Waals surface area contributed by atoms with E-state index in [4.69, 9.17) is 0 Å². The third-order valence-electron chi connectivity index (χ3n) is 4.46. The van der Waals surface area contributed by atoms with Crippen molar-refractivity contribution < 1.29 is 9.59 Å². The van der Waals surface area contributed by atoms with Crippen LogP contribution < -0.4 is 0 Å². The van der Waals surface area contributed by atoms with Gasteiger partial charge in [-0.1, -0.05) is 62.9 Å². The predicted octanol–water partition coefficient (Wildman–Crippen LogP) is 5.14. The average molecular weight is 298 g/mol. The van der Waals surface area contributed by atoms with E-state index < -0.39 is 0 Å². The summed E-state index contributed by atoms with van der Waals surface area (Å²) in [6.07, 6.45) is 9.83. The van der Waals surface area contributed by atoms with Gasteiger partial charge in [-0.2, -0.15) is 0 Å². The molecule has 0 saturated heterocycles. The number of unbranched alkanes of at least 4 members (excludes halogenated alkanes) is 1. The minimum absolute atomic E-state index is 0.0455. The summed E-state index contributed by atoms with van der Waals surface area (Å²) in [6.45, 7) is 2.11. The molecule has 0 amide bonds. The van der Waals surface area contributed by atoms with Crippen molar-refractivity contribution in [2.45, 2.75) is 58.3 Å². The van der Waals surface area contributed by atoms with E-state index in [9.17, 15) is 9.59 Å². The summed E-state index contributed by atoms with van der Waals surface area (Å²) in [6, 6.07) is 9.22. The third-order valence-corrected chi connectivity index (χ3v) is 4.46. The van der Waals surface area contributed by atoms with Gasteiger partial charge >= 0.3 is 0 Å². The molecule has 0 atom stereocenters. The number of benzene rings is 1. The molecule has 0 spiro atoms. The molecule has 1 aromatic rings. The fourth-order valence-electron chi connectivity index (χ4n) is 3.10. The Hall–Kier alpha value is -1.70. The topological polar surface area (TPSA) is 34.1 Å². The molecule has 2 heteroatoms. The molecule has 1 aromatic carbocycles. The molecular weight excluding hydrogens is 272 g/mol. The van der Waals surface area contributed by atoms with E-state index in [0.29, 0.717) is 5.56 Å². The van der Waals surface area contributed by atoms with Gasteiger partial charge in [-0.25, -0.2) is 0 Å². The highest BCUT2D eigenvalue weighted by atomic mass is 16.1. The zero-order chi connectivity index (χ0) is 15.8. The van der Waals surface area contributed by atoms with Gasteiger partial charge in [-0.05, 0) is 37.3 Å². The van der Waals surface area contributed by atoms with Gasteiger partial charge < -0.3 is 0 Å². The van der Waals surface area contributed by atoms with Gasteiger partial charge in [0, 0.05) is 11.5 Å². The lowest BCUT2D eigenvalue weighted by molar-refractivity contribution is -0.120. The largest absolute Gasteiger partial charge is 0.294 e. The highest BCUT2D eigenvalue weighted by Gasteiger charge is 2.24. The van der Waals surface area contributed by atoms with Crippen molar-refractivity contribution in [1.29, 1.82) is 0 Å². The average Bonchev–Trinajstić information content (AvgIpc) is 2.59. The van der Waals surface area contributed by atoms with E-state index in [1.807, 2.05) is 18.2 Å². The molecule has 2 nitrogen and oxygen atoms in total. The van der Waals surface area contributed by atoms with Crippen molar-refractivity contribution in [3.63, 3.8) is 0 Å². The number of rotatable bonds is 7. The van der Waals surface area contributed by atoms with Crippen LogP contribution in [0.5, 0.6) is 0 Å². The number of ketones is 2. The lowest BCUT2D eigenvalue weighted by atomic mass is 9.82. The molecule has 0 aliphatic heterocycles. The second kappa shape index (κ2) is 8.67. The number of hydrogen-bond acceptors (Lipinski definition) is 2. The summed E-state index contributed by atoms with van der Waals surface area (Å²) in [5.41, 5.74) is 1.40. The second-order valence-corrected chi connectivity index (χ2v) is 6.20. The zero-order valence-electron chi connectivity index (χ0n) is 13.5. The zero-order valence-corrected chi connectivity index (χ0v) is 13.5. The first kappa shape index (κ1) is 16.7. The van der Waals surface area contributed by atoms with Crippen LogP contribution in [0.1, 0.15) is 68.6 Å². The van der Waals surface area contributed by atoms with Gasteiger partial charge in [0.15, 0.2) is 11.6 Å². The number of carbonyl (C=O) groups excluding carboxylic acids is 2. The first-order valence-electron chi connectivity index (χ1n) is 8.56. The molecule has 1 aliphatic carbocycles. The van der Waals surface area contributed by atoms with Crippen molar-refractivity contribution in [3.8, 4) is 0 Å². The Bertz CT molecular complexity index is 522. The van der Waals surface area contributed by atoms with Crippen LogP contribution in [0.15, 0.2) is 42.0 Å². The van der Waals surface area contributed by atoms with E-state index in [1.165, 1.54) is 6.42 Å². The maximum absolute atomic E-state index is 12.8. The third kappa shape index (κ3) is 4.66. The molecule has 1 aliphatic rings. The van der Waals surface area contributed by atoms with Crippen LogP contribution in [0.2, 0.25) is 0 Å². The molecule has 1 fully saturated rings. The Balaban J connectivity index is 2.15. The minimum atomic E-state index is -0.0455. The molecule has 22 heavy (non-hydrogen) atoms. The van der Waals surface area contributed by atoms with E-state index in [1.54, 1.807) is 18.2 Å². The van der Waals surface area contributed by atoms with Gasteiger partial charge in [0.25, 0.3) is 0 Å². The maximum atomic E-state index is 12.8. The number of Topliss-reactive ketones (excluding diaryl/α,β-unsaturated/α-hetero) is 1. The molecule has 0 radical (unpaired) electrons. The van der Waals surface area contributed by atoms with Crippen LogP contribution in [-0.4, -0.2) is 11.6 Å². The SMILES string of the molecule is CCCC/C(=C/C(=O)c1ccccc1)C(=O)C1CCCCC1. The molecule has 0 bridgehead atoms. The molecule has 0 heterocycles. The van der Waals surface area contributed by atoms with Crippen molar-refractivity contribution in [2.75, 3.05) is 0 Å². The van der Waals surface area contributed by atoms with Crippen molar-refractivity contribution in [1.82, 2.24) is 0 Å². The first-order chi connectivity index (χ1) is 10.7. The molecule has 0 unspecified atom stereocenters. The normalized spacial score (nSPS) is 16.5. The fourth-order valence-corrected chi connectivity index (χ4v) is 3.10. The van der Waals surface area contributed by atoms with Gasteiger partial charge in [0.05, 0.1) is 0 Å². The quantitative estimate of drug-likeness (QED) is 0.516. The van der Waals surface area contributed by atoms with Crippen LogP contribution >= 0.6 is 0 Å². The van der Waals surface area contributed by atoms with Crippen LogP contribution in [-0.2, 0) is 4.79 Å². The first-order valence-corrected chi connectivity index (χ1v) is 8.56. The van der Waals surface area contributed by atoms with Gasteiger partial charge in [-0.15, -0.1) is 0 Å². The second-order valence-electron chi connectivity index (χ2n) is 6.20. The van der Waals surface area contributed by atoms with Crippen LogP contribution in [0.25, 0.3) is 0 Å². The Morgan fingerprint density at radius 2 is 1.77 bits per heavy atom. The van der Waals surface area contributed by atoms with E-state index >= 15 is 0 Å². The van der Waals surface area contributed by atoms with Crippen molar-refractivity contribution in [2.24, 2.45) is 5.92 Å². The Labute approximate surface area is 133 Å². The lowest BCUT2D eigenvalue weighted by Gasteiger charge is -2.21. The van der Waals surface area contributed by atoms with Crippen LogP contribution in [0.3, 0.4) is 0 Å². The molecular formula is C20H26O2. The van der Waals surface area contributed by atoms with E-state index in [-0.39, 0.29) is 17.5 Å². The van der Waals surface area contributed by atoms with Crippen LogP contribution in [0.4, 0.5) is 0 Å². The fraction of sp³-hybridized carbons (Fsp3) is 0.500. The minimum Gasteiger partial charge on any atom is -0.294 e. The molecule has 2 rings (SSSR count). The molecule has 118 valence electrons. The molecule has 0 aromatic heterocycles.